The molecule has 0 aliphatic carbocycles. The van der Waals surface area contributed by atoms with Crippen LogP contribution in [0.3, 0.4) is 0 Å². The van der Waals surface area contributed by atoms with Crippen LogP contribution < -0.4 is 5.73 Å². The molecule has 1 heterocycles. The topological polar surface area (TPSA) is 85.0 Å². The van der Waals surface area contributed by atoms with E-state index >= 15 is 0 Å². The minimum atomic E-state index is -0.628. The predicted octanol–water partition coefficient (Wildman–Crippen LogP) is -1.82. The molecule has 0 spiro atoms. The van der Waals surface area contributed by atoms with E-state index in [0.717, 1.165) is 0 Å². The van der Waals surface area contributed by atoms with Crippen LogP contribution in [0.15, 0.2) is 0 Å². The van der Waals surface area contributed by atoms with Gasteiger partial charge in [0.05, 0.1) is 25.9 Å². The van der Waals surface area contributed by atoms with E-state index in [0.29, 0.717) is 19.8 Å². The number of aliphatic hydroxyl groups excluding tert-OH is 1. The second-order valence-electron chi connectivity index (χ2n) is 3.40. The molecule has 6 heteroatoms. The molecule has 1 rings (SSSR count). The van der Waals surface area contributed by atoms with Crippen LogP contribution in [0, 0.1) is 0 Å². The number of nitrogens with zero attached hydrogens (tertiary/aromatic N) is 1. The highest BCUT2D eigenvalue weighted by molar-refractivity contribution is 5.81. The highest BCUT2D eigenvalue weighted by Crippen LogP contribution is 2.09. The van der Waals surface area contributed by atoms with Crippen LogP contribution >= 0.6 is 0 Å². The van der Waals surface area contributed by atoms with Gasteiger partial charge in [-0.25, -0.2) is 0 Å². The molecule has 0 aromatic heterocycles. The summed E-state index contributed by atoms with van der Waals surface area (Å²) < 4.78 is 10.1. The van der Waals surface area contributed by atoms with Crippen molar-refractivity contribution >= 4 is 5.91 Å². The third-order valence-electron chi connectivity index (χ3n) is 2.50. The number of methoxy groups -OCH3 is 1. The standard InChI is InChI=1S/C9H18N2O4/c1-14-8(4-10)9(13)11-2-3-15-6-7(11)5-12/h7-8,12H,2-6,10H2,1H3. The highest BCUT2D eigenvalue weighted by atomic mass is 16.5. The van der Waals surface area contributed by atoms with E-state index in [-0.39, 0.29) is 25.1 Å². The SMILES string of the molecule is COC(CN)C(=O)N1CCOCC1CO. The molecule has 0 bridgehead atoms. The summed E-state index contributed by atoms with van der Waals surface area (Å²) in [5.74, 6) is -0.178. The lowest BCUT2D eigenvalue weighted by Crippen LogP contribution is -2.55. The Balaban J connectivity index is 2.62. The maximum Gasteiger partial charge on any atom is 0.253 e. The molecule has 2 atom stereocenters. The van der Waals surface area contributed by atoms with Crippen molar-refractivity contribution in [2.24, 2.45) is 5.73 Å². The third kappa shape index (κ3) is 2.88. The van der Waals surface area contributed by atoms with E-state index in [2.05, 4.69) is 0 Å². The van der Waals surface area contributed by atoms with Crippen molar-refractivity contribution in [3.63, 3.8) is 0 Å². The van der Waals surface area contributed by atoms with Crippen LogP contribution in [0.2, 0.25) is 0 Å². The van der Waals surface area contributed by atoms with Gasteiger partial charge >= 0.3 is 0 Å². The molecule has 0 radical (unpaired) electrons. The maximum absolute atomic E-state index is 11.9. The van der Waals surface area contributed by atoms with Crippen molar-refractivity contribution < 1.29 is 19.4 Å². The lowest BCUT2D eigenvalue weighted by atomic mass is 10.2. The lowest BCUT2D eigenvalue weighted by Gasteiger charge is -2.36. The maximum atomic E-state index is 11.9. The molecule has 1 amide bonds. The fraction of sp³-hybridized carbons (Fsp3) is 0.889. The largest absolute Gasteiger partial charge is 0.394 e. The lowest BCUT2D eigenvalue weighted by molar-refractivity contribution is -0.151. The Morgan fingerprint density at radius 1 is 1.80 bits per heavy atom. The van der Waals surface area contributed by atoms with Crippen LogP contribution in [0.25, 0.3) is 0 Å². The number of hydrogen-bond acceptors (Lipinski definition) is 5. The molecule has 1 aliphatic rings. The van der Waals surface area contributed by atoms with E-state index in [1.165, 1.54) is 7.11 Å². The minimum Gasteiger partial charge on any atom is -0.394 e. The number of carbonyl (C=O) groups excluding carboxylic acids is 1. The van der Waals surface area contributed by atoms with Crippen molar-refractivity contribution in [1.29, 1.82) is 0 Å². The first-order chi connectivity index (χ1) is 7.24. The Morgan fingerprint density at radius 2 is 2.53 bits per heavy atom. The van der Waals surface area contributed by atoms with Gasteiger partial charge in [-0.3, -0.25) is 4.79 Å². The smallest absolute Gasteiger partial charge is 0.253 e. The van der Waals surface area contributed by atoms with Crippen molar-refractivity contribution in [3.8, 4) is 0 Å². The zero-order valence-electron chi connectivity index (χ0n) is 8.89. The van der Waals surface area contributed by atoms with Crippen molar-refractivity contribution in [2.45, 2.75) is 12.1 Å². The number of ether oxygens (including phenoxy) is 2. The average molecular weight is 218 g/mol. The molecule has 1 aliphatic heterocycles. The van der Waals surface area contributed by atoms with Crippen LogP contribution in [-0.2, 0) is 14.3 Å². The summed E-state index contributed by atoms with van der Waals surface area (Å²) in [6.07, 6.45) is -0.628. The molecule has 3 N–H and O–H groups in total. The van der Waals surface area contributed by atoms with Crippen molar-refractivity contribution in [1.82, 2.24) is 4.90 Å². The Hall–Kier alpha value is -0.690. The number of carbonyl (C=O) groups is 1. The van der Waals surface area contributed by atoms with Gasteiger partial charge < -0.3 is 25.2 Å². The van der Waals surface area contributed by atoms with Gasteiger partial charge in [0.2, 0.25) is 0 Å². The Labute approximate surface area is 88.9 Å². The van der Waals surface area contributed by atoms with E-state index in [1.54, 1.807) is 4.90 Å². The Kier molecular flexibility index (Phi) is 4.97. The summed E-state index contributed by atoms with van der Waals surface area (Å²) in [5.41, 5.74) is 5.41. The average Bonchev–Trinajstić information content (AvgIpc) is 2.30. The van der Waals surface area contributed by atoms with Crippen LogP contribution in [0.4, 0.5) is 0 Å². The molecule has 0 saturated carbocycles. The van der Waals surface area contributed by atoms with Gasteiger partial charge in [0.25, 0.3) is 5.91 Å². The summed E-state index contributed by atoms with van der Waals surface area (Å²) in [5, 5.41) is 9.09. The first-order valence-corrected chi connectivity index (χ1v) is 4.96. The van der Waals surface area contributed by atoms with E-state index in [4.69, 9.17) is 20.3 Å². The Morgan fingerprint density at radius 3 is 3.07 bits per heavy atom. The van der Waals surface area contributed by atoms with Gasteiger partial charge in [-0.2, -0.15) is 0 Å². The molecule has 1 fully saturated rings. The van der Waals surface area contributed by atoms with E-state index < -0.39 is 6.10 Å². The monoisotopic (exact) mass is 218 g/mol. The highest BCUT2D eigenvalue weighted by Gasteiger charge is 2.30. The summed E-state index contributed by atoms with van der Waals surface area (Å²) in [7, 11) is 1.45. The predicted molar refractivity (Wildman–Crippen MR) is 53.3 cm³/mol. The first kappa shape index (κ1) is 12.4. The van der Waals surface area contributed by atoms with Gasteiger partial charge in [0.1, 0.15) is 6.10 Å². The minimum absolute atomic E-state index is 0.104. The number of nitrogens with two attached hydrogens (primary N) is 1. The van der Waals surface area contributed by atoms with Crippen molar-refractivity contribution in [2.75, 3.05) is 40.0 Å². The van der Waals surface area contributed by atoms with E-state index in [9.17, 15) is 4.79 Å². The third-order valence-corrected chi connectivity index (χ3v) is 2.50. The number of morpholine rings is 1. The van der Waals surface area contributed by atoms with Crippen molar-refractivity contribution in [3.05, 3.63) is 0 Å². The molecular weight excluding hydrogens is 200 g/mol. The van der Waals surface area contributed by atoms with Gasteiger partial charge in [0, 0.05) is 20.2 Å². The zero-order chi connectivity index (χ0) is 11.3. The molecule has 15 heavy (non-hydrogen) atoms. The fourth-order valence-corrected chi connectivity index (χ4v) is 1.58. The molecule has 2 unspecified atom stereocenters. The van der Waals surface area contributed by atoms with Crippen LogP contribution in [-0.4, -0.2) is 68.1 Å². The number of aliphatic hydroxyl groups is 1. The second-order valence-corrected chi connectivity index (χ2v) is 3.40. The van der Waals surface area contributed by atoms with Gasteiger partial charge in [-0.15, -0.1) is 0 Å². The number of rotatable bonds is 4. The molecular formula is C9H18N2O4. The van der Waals surface area contributed by atoms with Gasteiger partial charge in [-0.1, -0.05) is 0 Å². The summed E-state index contributed by atoms with van der Waals surface area (Å²) in [6, 6.07) is -0.282. The molecule has 1 saturated heterocycles. The summed E-state index contributed by atoms with van der Waals surface area (Å²) in [4.78, 5) is 13.5. The summed E-state index contributed by atoms with van der Waals surface area (Å²) >= 11 is 0. The van der Waals surface area contributed by atoms with Gasteiger partial charge in [0.15, 0.2) is 0 Å². The second kappa shape index (κ2) is 6.02. The van der Waals surface area contributed by atoms with Gasteiger partial charge in [-0.05, 0) is 0 Å². The fourth-order valence-electron chi connectivity index (χ4n) is 1.58. The summed E-state index contributed by atoms with van der Waals surface area (Å²) in [6.45, 7) is 1.37. The molecule has 0 aromatic rings. The normalized spacial score (nSPS) is 23.9. The molecule has 0 aromatic carbocycles. The first-order valence-electron chi connectivity index (χ1n) is 4.96. The van der Waals surface area contributed by atoms with Crippen LogP contribution in [0.1, 0.15) is 0 Å². The Bertz CT molecular complexity index is 208. The number of hydrogen-bond donors (Lipinski definition) is 2. The number of amides is 1. The van der Waals surface area contributed by atoms with Crippen LogP contribution in [0.5, 0.6) is 0 Å². The molecule has 6 nitrogen and oxygen atoms in total. The van der Waals surface area contributed by atoms with E-state index in [1.807, 2.05) is 0 Å². The molecule has 88 valence electrons. The zero-order valence-corrected chi connectivity index (χ0v) is 8.89. The quantitative estimate of drug-likeness (QED) is 0.580.